The van der Waals surface area contributed by atoms with E-state index in [1.54, 1.807) is 0 Å². The van der Waals surface area contributed by atoms with Crippen molar-refractivity contribution in [3.63, 3.8) is 0 Å². The van der Waals surface area contributed by atoms with Gasteiger partial charge in [-0.15, -0.1) is 0 Å². The van der Waals surface area contributed by atoms with Gasteiger partial charge < -0.3 is 16.4 Å². The van der Waals surface area contributed by atoms with Gasteiger partial charge in [-0.05, 0) is 24.5 Å². The number of carbonyl (C=O) groups excluding carboxylic acids is 1. The molecule has 7 nitrogen and oxygen atoms in total. The van der Waals surface area contributed by atoms with Gasteiger partial charge in [0.2, 0.25) is 5.54 Å². The molecule has 1 aromatic carbocycles. The minimum Gasteiger partial charge on any atom is -0.393 e. The molecule has 1 aromatic heterocycles. The van der Waals surface area contributed by atoms with Gasteiger partial charge in [-0.3, -0.25) is 9.36 Å². The first kappa shape index (κ1) is 22.6. The maximum absolute atomic E-state index is 14.1. The van der Waals surface area contributed by atoms with Gasteiger partial charge in [-0.2, -0.15) is 22.0 Å². The molecule has 174 valence electrons. The molecule has 4 rings (SSSR count). The first-order chi connectivity index (χ1) is 15.3. The molecule has 0 radical (unpaired) electrons. The number of nitrogen functional groups attached to an aromatic ring is 1. The fourth-order valence-electron chi connectivity index (χ4n) is 3.51. The van der Waals surface area contributed by atoms with E-state index in [-0.39, 0.29) is 23.7 Å². The predicted octanol–water partition coefficient (Wildman–Crippen LogP) is 3.29. The molecule has 2 aliphatic rings. The van der Waals surface area contributed by atoms with Crippen LogP contribution in [0.2, 0.25) is 0 Å². The summed E-state index contributed by atoms with van der Waals surface area (Å²) in [6.07, 6.45) is -2.62. The Hall–Kier alpha value is -3.62. The minimum absolute atomic E-state index is 0.135. The highest BCUT2D eigenvalue weighted by molar-refractivity contribution is 5.95. The number of hydrogen-bond acceptors (Lipinski definition) is 4. The second kappa shape index (κ2) is 7.47. The van der Waals surface area contributed by atoms with Crippen LogP contribution in [0.3, 0.4) is 0 Å². The summed E-state index contributed by atoms with van der Waals surface area (Å²) in [5, 5.41) is 4.24. The number of nitrogens with zero attached hydrogens (tertiary/aromatic N) is 2. The van der Waals surface area contributed by atoms with Crippen molar-refractivity contribution in [1.29, 1.82) is 0 Å². The van der Waals surface area contributed by atoms with E-state index in [0.29, 0.717) is 25.3 Å². The molecule has 0 saturated heterocycles. The van der Waals surface area contributed by atoms with Gasteiger partial charge in [0.25, 0.3) is 11.5 Å². The lowest BCUT2D eigenvalue weighted by atomic mass is 9.85. The lowest BCUT2D eigenvalue weighted by Gasteiger charge is -2.37. The van der Waals surface area contributed by atoms with Crippen LogP contribution in [0.5, 0.6) is 0 Å². The Morgan fingerprint density at radius 1 is 1.24 bits per heavy atom. The number of urea groups is 1. The van der Waals surface area contributed by atoms with Crippen LogP contribution in [0.25, 0.3) is 0 Å². The molecule has 1 saturated carbocycles. The topological polar surface area (TPSA) is 102 Å². The van der Waals surface area contributed by atoms with E-state index < -0.39 is 40.6 Å². The molecule has 0 bridgehead atoms. The van der Waals surface area contributed by atoms with Gasteiger partial charge in [-0.1, -0.05) is 24.0 Å². The second-order valence-corrected chi connectivity index (χ2v) is 8.08. The van der Waals surface area contributed by atoms with Gasteiger partial charge in [0.1, 0.15) is 11.4 Å². The molecule has 0 spiro atoms. The van der Waals surface area contributed by atoms with Crippen LogP contribution in [0.1, 0.15) is 36.6 Å². The molecular weight excluding hydrogens is 449 g/mol. The smallest absolute Gasteiger partial charge is 0.393 e. The molecule has 1 aliphatic heterocycles. The van der Waals surface area contributed by atoms with Gasteiger partial charge in [0, 0.05) is 24.1 Å². The van der Waals surface area contributed by atoms with E-state index in [0.717, 1.165) is 17.0 Å². The van der Waals surface area contributed by atoms with E-state index in [1.165, 1.54) is 12.1 Å². The summed E-state index contributed by atoms with van der Waals surface area (Å²) in [6, 6.07) is 2.66. The Bertz CT molecular complexity index is 1250. The number of amides is 2. The Morgan fingerprint density at radius 3 is 2.55 bits per heavy atom. The third-order valence-electron chi connectivity index (χ3n) is 5.34. The molecule has 33 heavy (non-hydrogen) atoms. The highest BCUT2D eigenvalue weighted by Crippen LogP contribution is 2.44. The number of halogens is 5. The van der Waals surface area contributed by atoms with E-state index in [1.807, 2.05) is 5.32 Å². The van der Waals surface area contributed by atoms with Crippen molar-refractivity contribution in [2.75, 3.05) is 11.1 Å². The zero-order valence-electron chi connectivity index (χ0n) is 17.2. The normalized spacial score (nSPS) is 20.2. The van der Waals surface area contributed by atoms with Crippen molar-refractivity contribution in [3.05, 3.63) is 51.7 Å². The van der Waals surface area contributed by atoms with Crippen molar-refractivity contribution >= 4 is 17.4 Å². The van der Waals surface area contributed by atoms with Crippen LogP contribution in [-0.4, -0.2) is 21.8 Å². The molecule has 2 aromatic rings. The van der Waals surface area contributed by atoms with Gasteiger partial charge in [-0.25, -0.2) is 9.78 Å². The average Bonchev–Trinajstić information content (AvgIpc) is 3.52. The minimum atomic E-state index is -4.90. The number of carbonyl (C=O) groups is 1. The molecular formula is C21H18F5N5O2. The van der Waals surface area contributed by atoms with Crippen molar-refractivity contribution in [3.8, 4) is 11.8 Å². The van der Waals surface area contributed by atoms with E-state index in [2.05, 4.69) is 22.1 Å². The first-order valence-corrected chi connectivity index (χ1v) is 9.87. The largest absolute Gasteiger partial charge is 0.427 e. The maximum Gasteiger partial charge on any atom is 0.427 e. The van der Waals surface area contributed by atoms with E-state index in [9.17, 15) is 31.5 Å². The number of benzene rings is 1. The summed E-state index contributed by atoms with van der Waals surface area (Å²) in [5.41, 5.74) is -0.0106. The lowest BCUT2D eigenvalue weighted by molar-refractivity contribution is -0.178. The predicted molar refractivity (Wildman–Crippen MR) is 108 cm³/mol. The number of alkyl halides is 5. The number of rotatable bonds is 3. The molecule has 1 aliphatic carbocycles. The summed E-state index contributed by atoms with van der Waals surface area (Å²) < 4.78 is 70.4. The zero-order chi connectivity index (χ0) is 24.2. The highest BCUT2D eigenvalue weighted by Gasteiger charge is 2.59. The number of anilines is 2. The monoisotopic (exact) mass is 467 g/mol. The van der Waals surface area contributed by atoms with Crippen molar-refractivity contribution < 1.29 is 26.7 Å². The van der Waals surface area contributed by atoms with Gasteiger partial charge in [0.15, 0.2) is 0 Å². The van der Waals surface area contributed by atoms with Crippen LogP contribution < -0.4 is 21.9 Å². The van der Waals surface area contributed by atoms with Crippen LogP contribution in [0, 0.1) is 17.8 Å². The standard InChI is InChI=1S/C21H18F5N5O2/c1-19(22,23)16-15(27)17(32)31(10-28-16)9-12-4-5-13-14(8-12)29-18(33)30-20(13,21(24,25)26)7-6-11-2-3-11/h4-5,8,10-11H,2-3,9,27H2,1H3,(H2,29,30,33). The maximum atomic E-state index is 14.1. The van der Waals surface area contributed by atoms with Crippen LogP contribution >= 0.6 is 0 Å². The Balaban J connectivity index is 1.74. The number of nitrogens with two attached hydrogens (primary N) is 1. The molecule has 2 amide bonds. The number of aromatic nitrogens is 2. The summed E-state index contributed by atoms with van der Waals surface area (Å²) in [7, 11) is 0. The Morgan fingerprint density at radius 2 is 1.94 bits per heavy atom. The molecule has 12 heteroatoms. The highest BCUT2D eigenvalue weighted by atomic mass is 19.4. The molecule has 2 heterocycles. The molecule has 1 unspecified atom stereocenters. The van der Waals surface area contributed by atoms with Crippen molar-refractivity contribution in [2.45, 2.75) is 43.9 Å². The summed E-state index contributed by atoms with van der Waals surface area (Å²) in [5.74, 6) is 1.25. The number of fused-ring (bicyclic) bond motifs is 1. The van der Waals surface area contributed by atoms with Crippen LogP contribution in [0.4, 0.5) is 38.1 Å². The van der Waals surface area contributed by atoms with E-state index >= 15 is 0 Å². The Kier molecular flexibility index (Phi) is 5.11. The van der Waals surface area contributed by atoms with E-state index in [4.69, 9.17) is 5.73 Å². The summed E-state index contributed by atoms with van der Waals surface area (Å²) in [6.45, 7) is 0.323. The fraction of sp³-hybridized carbons (Fsp3) is 0.381. The number of hydrogen-bond donors (Lipinski definition) is 3. The SMILES string of the molecule is CC(F)(F)c1ncn(Cc2ccc3c(c2)NC(=O)NC3(C#CC2CC2)C(F)(F)F)c(=O)c1N. The van der Waals surface area contributed by atoms with Gasteiger partial charge >= 0.3 is 12.2 Å². The summed E-state index contributed by atoms with van der Waals surface area (Å²) >= 11 is 0. The van der Waals surface area contributed by atoms with Crippen molar-refractivity contribution in [1.82, 2.24) is 14.9 Å². The number of nitrogens with one attached hydrogen (secondary N) is 2. The van der Waals surface area contributed by atoms with Gasteiger partial charge in [0.05, 0.1) is 12.9 Å². The second-order valence-electron chi connectivity index (χ2n) is 8.08. The summed E-state index contributed by atoms with van der Waals surface area (Å²) in [4.78, 5) is 28.0. The van der Waals surface area contributed by atoms with Crippen molar-refractivity contribution in [2.24, 2.45) is 5.92 Å². The van der Waals surface area contributed by atoms with Crippen LogP contribution in [-0.2, 0) is 18.0 Å². The molecule has 1 fully saturated rings. The Labute approximate surface area is 184 Å². The third-order valence-corrected chi connectivity index (χ3v) is 5.34. The van der Waals surface area contributed by atoms with Crippen LogP contribution in [0.15, 0.2) is 29.3 Å². The zero-order valence-corrected chi connectivity index (χ0v) is 17.2. The fourth-order valence-corrected chi connectivity index (χ4v) is 3.51. The lowest BCUT2D eigenvalue weighted by Crippen LogP contribution is -2.59. The molecule has 1 atom stereocenters. The third kappa shape index (κ3) is 4.10. The quantitative estimate of drug-likeness (QED) is 0.476. The average molecular weight is 467 g/mol. The first-order valence-electron chi connectivity index (χ1n) is 9.87. The molecule has 4 N–H and O–H groups in total.